The van der Waals surface area contributed by atoms with Crippen LogP contribution >= 0.6 is 0 Å². The summed E-state index contributed by atoms with van der Waals surface area (Å²) in [6.45, 7) is 6.56. The van der Waals surface area contributed by atoms with E-state index in [1.54, 1.807) is 7.11 Å². The SMILES string of the molecule is COCC(=O)N1CC(N(CC2CCCCC2)CC2CCCO2)CC1C(=O)N1CCNCC1. The predicted octanol–water partition coefficient (Wildman–Crippen LogP) is 1.10. The van der Waals surface area contributed by atoms with Crippen molar-refractivity contribution >= 4 is 11.8 Å². The number of rotatable bonds is 8. The molecule has 3 saturated heterocycles. The number of amides is 2. The van der Waals surface area contributed by atoms with Gasteiger partial charge in [0, 0.05) is 65.6 Å². The van der Waals surface area contributed by atoms with Crippen LogP contribution in [0.5, 0.6) is 0 Å². The molecule has 8 nitrogen and oxygen atoms in total. The summed E-state index contributed by atoms with van der Waals surface area (Å²) in [6, 6.07) is -0.169. The smallest absolute Gasteiger partial charge is 0.249 e. The van der Waals surface area contributed by atoms with Gasteiger partial charge in [0.25, 0.3) is 0 Å². The molecule has 0 aromatic heterocycles. The number of ether oxygens (including phenoxy) is 2. The Morgan fingerprint density at radius 3 is 2.53 bits per heavy atom. The second-order valence-electron chi connectivity index (χ2n) is 10.1. The van der Waals surface area contributed by atoms with Crippen LogP contribution < -0.4 is 5.32 Å². The normalized spacial score (nSPS) is 29.8. The van der Waals surface area contributed by atoms with E-state index < -0.39 is 0 Å². The first kappa shape index (κ1) is 23.9. The molecular weight excluding hydrogens is 408 g/mol. The van der Waals surface area contributed by atoms with Crippen LogP contribution in [-0.4, -0.2) is 111 Å². The molecule has 1 N–H and O–H groups in total. The average molecular weight is 451 g/mol. The molecule has 0 radical (unpaired) electrons. The topological polar surface area (TPSA) is 74.4 Å². The fraction of sp³-hybridized carbons (Fsp3) is 0.917. The summed E-state index contributed by atoms with van der Waals surface area (Å²) in [5.74, 6) is 0.752. The largest absolute Gasteiger partial charge is 0.377 e. The van der Waals surface area contributed by atoms with E-state index in [0.29, 0.717) is 19.6 Å². The van der Waals surface area contributed by atoms with Gasteiger partial charge in [-0.3, -0.25) is 14.5 Å². The fourth-order valence-electron chi connectivity index (χ4n) is 6.01. The minimum atomic E-state index is -0.376. The zero-order chi connectivity index (χ0) is 22.3. The monoisotopic (exact) mass is 450 g/mol. The highest BCUT2D eigenvalue weighted by Crippen LogP contribution is 2.30. The van der Waals surface area contributed by atoms with Crippen molar-refractivity contribution in [2.24, 2.45) is 5.92 Å². The van der Waals surface area contributed by atoms with Gasteiger partial charge in [0.1, 0.15) is 12.6 Å². The maximum Gasteiger partial charge on any atom is 0.249 e. The Hall–Kier alpha value is -1.22. The van der Waals surface area contributed by atoms with Gasteiger partial charge in [0.05, 0.1) is 6.10 Å². The van der Waals surface area contributed by atoms with E-state index in [4.69, 9.17) is 9.47 Å². The molecule has 32 heavy (non-hydrogen) atoms. The van der Waals surface area contributed by atoms with Gasteiger partial charge in [0.2, 0.25) is 11.8 Å². The second-order valence-corrected chi connectivity index (χ2v) is 10.1. The molecule has 0 aromatic rings. The first-order chi connectivity index (χ1) is 15.7. The summed E-state index contributed by atoms with van der Waals surface area (Å²) < 4.78 is 11.1. The zero-order valence-electron chi connectivity index (χ0n) is 19.8. The van der Waals surface area contributed by atoms with E-state index in [1.165, 1.54) is 32.1 Å². The molecule has 8 heteroatoms. The number of hydrogen-bond donors (Lipinski definition) is 1. The molecular formula is C24H42N4O4. The maximum absolute atomic E-state index is 13.4. The zero-order valence-corrected chi connectivity index (χ0v) is 19.8. The summed E-state index contributed by atoms with van der Waals surface area (Å²) in [5, 5.41) is 3.31. The van der Waals surface area contributed by atoms with Crippen molar-refractivity contribution in [1.29, 1.82) is 0 Å². The van der Waals surface area contributed by atoms with E-state index in [-0.39, 0.29) is 36.6 Å². The molecule has 182 valence electrons. The van der Waals surface area contributed by atoms with Gasteiger partial charge in [-0.2, -0.15) is 0 Å². The summed E-state index contributed by atoms with van der Waals surface area (Å²) >= 11 is 0. The molecule has 1 saturated carbocycles. The lowest BCUT2D eigenvalue weighted by molar-refractivity contribution is -0.146. The van der Waals surface area contributed by atoms with Crippen molar-refractivity contribution in [2.75, 3.05) is 66.1 Å². The molecule has 0 spiro atoms. The Balaban J connectivity index is 1.48. The van der Waals surface area contributed by atoms with Gasteiger partial charge in [0.15, 0.2) is 0 Å². The van der Waals surface area contributed by atoms with Gasteiger partial charge in [-0.05, 0) is 38.0 Å². The van der Waals surface area contributed by atoms with E-state index in [1.807, 2.05) is 9.80 Å². The number of likely N-dealkylation sites (tertiary alicyclic amines) is 1. The number of nitrogens with zero attached hydrogens (tertiary/aromatic N) is 3. The fourth-order valence-corrected chi connectivity index (χ4v) is 6.01. The molecule has 4 aliphatic rings. The molecule has 0 aromatic carbocycles. The number of nitrogens with one attached hydrogen (secondary N) is 1. The number of methoxy groups -OCH3 is 1. The van der Waals surface area contributed by atoms with Crippen LogP contribution in [0.15, 0.2) is 0 Å². The van der Waals surface area contributed by atoms with Gasteiger partial charge in [-0.15, -0.1) is 0 Å². The molecule has 4 rings (SSSR count). The van der Waals surface area contributed by atoms with Crippen LogP contribution in [0.1, 0.15) is 51.4 Å². The van der Waals surface area contributed by atoms with Crippen molar-refractivity contribution in [2.45, 2.75) is 69.6 Å². The van der Waals surface area contributed by atoms with Crippen LogP contribution in [0.3, 0.4) is 0 Å². The third kappa shape index (κ3) is 6.01. The first-order valence-electron chi connectivity index (χ1n) is 12.8. The Kier molecular flexibility index (Phi) is 8.80. The van der Waals surface area contributed by atoms with Crippen LogP contribution in [0.25, 0.3) is 0 Å². The summed E-state index contributed by atoms with van der Waals surface area (Å²) in [5.41, 5.74) is 0. The van der Waals surface area contributed by atoms with Crippen molar-refractivity contribution < 1.29 is 19.1 Å². The Labute approximate surface area is 192 Å². The standard InChI is InChI=1S/C24H42N4O4/c1-31-18-23(29)28-16-20(14-22(28)24(30)26-11-9-25-10-12-26)27(17-21-8-5-13-32-21)15-19-6-3-2-4-7-19/h19-22,25H,2-18H2,1H3. The van der Waals surface area contributed by atoms with E-state index >= 15 is 0 Å². The maximum atomic E-state index is 13.4. The quantitative estimate of drug-likeness (QED) is 0.597. The lowest BCUT2D eigenvalue weighted by Gasteiger charge is -2.35. The predicted molar refractivity (Wildman–Crippen MR) is 122 cm³/mol. The van der Waals surface area contributed by atoms with Crippen molar-refractivity contribution in [3.05, 3.63) is 0 Å². The van der Waals surface area contributed by atoms with Crippen molar-refractivity contribution in [3.63, 3.8) is 0 Å². The number of carbonyl (C=O) groups is 2. The lowest BCUT2D eigenvalue weighted by atomic mass is 9.88. The molecule has 3 unspecified atom stereocenters. The minimum Gasteiger partial charge on any atom is -0.377 e. The Morgan fingerprint density at radius 2 is 1.84 bits per heavy atom. The van der Waals surface area contributed by atoms with Crippen LogP contribution in [-0.2, 0) is 19.1 Å². The summed E-state index contributed by atoms with van der Waals surface area (Å²) in [7, 11) is 1.55. The van der Waals surface area contributed by atoms with E-state index in [9.17, 15) is 9.59 Å². The highest BCUT2D eigenvalue weighted by atomic mass is 16.5. The highest BCUT2D eigenvalue weighted by molar-refractivity contribution is 5.89. The lowest BCUT2D eigenvalue weighted by Crippen LogP contribution is -2.53. The van der Waals surface area contributed by atoms with E-state index in [0.717, 1.165) is 58.0 Å². The molecule has 2 amide bonds. The summed E-state index contributed by atoms with van der Waals surface area (Å²) in [6.07, 6.45) is 9.85. The van der Waals surface area contributed by atoms with Gasteiger partial charge in [-0.1, -0.05) is 19.3 Å². The second kappa shape index (κ2) is 11.8. The van der Waals surface area contributed by atoms with E-state index in [2.05, 4.69) is 10.2 Å². The van der Waals surface area contributed by atoms with Gasteiger partial charge < -0.3 is 24.6 Å². The average Bonchev–Trinajstić information content (AvgIpc) is 3.50. The molecule has 0 bridgehead atoms. The minimum absolute atomic E-state index is 0.0341. The van der Waals surface area contributed by atoms with Crippen molar-refractivity contribution in [3.8, 4) is 0 Å². The van der Waals surface area contributed by atoms with Crippen LogP contribution in [0, 0.1) is 5.92 Å². The molecule has 3 aliphatic heterocycles. The number of hydrogen-bond acceptors (Lipinski definition) is 6. The van der Waals surface area contributed by atoms with Gasteiger partial charge in [-0.25, -0.2) is 0 Å². The molecule has 3 atom stereocenters. The number of piperazine rings is 1. The third-order valence-corrected chi connectivity index (χ3v) is 7.78. The third-order valence-electron chi connectivity index (χ3n) is 7.78. The van der Waals surface area contributed by atoms with Crippen molar-refractivity contribution in [1.82, 2.24) is 20.0 Å². The highest BCUT2D eigenvalue weighted by Gasteiger charge is 2.44. The molecule has 1 aliphatic carbocycles. The van der Waals surface area contributed by atoms with Crippen LogP contribution in [0.4, 0.5) is 0 Å². The Bertz CT molecular complexity index is 615. The molecule has 3 heterocycles. The summed E-state index contributed by atoms with van der Waals surface area (Å²) in [4.78, 5) is 32.7. The Morgan fingerprint density at radius 1 is 1.06 bits per heavy atom. The van der Waals surface area contributed by atoms with Crippen LogP contribution in [0.2, 0.25) is 0 Å². The van der Waals surface area contributed by atoms with Gasteiger partial charge >= 0.3 is 0 Å². The molecule has 4 fully saturated rings. The first-order valence-corrected chi connectivity index (χ1v) is 12.8. The number of carbonyl (C=O) groups excluding carboxylic acids is 2.